The molecule has 4 nitrogen and oxygen atoms in total. The van der Waals surface area contributed by atoms with Crippen molar-refractivity contribution in [1.29, 1.82) is 0 Å². The van der Waals surface area contributed by atoms with Crippen molar-refractivity contribution in [2.45, 2.75) is 18.8 Å². The van der Waals surface area contributed by atoms with Crippen LogP contribution in [0.3, 0.4) is 0 Å². The summed E-state index contributed by atoms with van der Waals surface area (Å²) in [7, 11) is 0. The van der Waals surface area contributed by atoms with Crippen molar-refractivity contribution in [3.05, 3.63) is 96.1 Å². The van der Waals surface area contributed by atoms with E-state index < -0.39 is 0 Å². The van der Waals surface area contributed by atoms with Crippen molar-refractivity contribution in [2.24, 2.45) is 5.92 Å². The van der Waals surface area contributed by atoms with E-state index in [9.17, 15) is 4.79 Å². The summed E-state index contributed by atoms with van der Waals surface area (Å²) in [5, 5.41) is 3.19. The molecule has 1 heterocycles. The molecule has 2 aliphatic rings. The average molecular weight is 426 g/mol. The van der Waals surface area contributed by atoms with E-state index in [0.717, 1.165) is 48.9 Å². The Balaban J connectivity index is 1.29. The number of nitrogens with one attached hydrogen (secondary N) is 1. The highest BCUT2D eigenvalue weighted by Gasteiger charge is 2.27. The van der Waals surface area contributed by atoms with Crippen LogP contribution in [0.15, 0.2) is 84.9 Å². The lowest BCUT2D eigenvalue weighted by Gasteiger charge is -2.36. The minimum absolute atomic E-state index is 0.00574. The number of hydrogen-bond donors (Lipinski definition) is 1. The molecule has 5 rings (SSSR count). The molecule has 0 atom stereocenters. The van der Waals surface area contributed by atoms with E-state index in [1.54, 1.807) is 0 Å². The van der Waals surface area contributed by atoms with E-state index >= 15 is 0 Å². The van der Waals surface area contributed by atoms with Gasteiger partial charge in [0.15, 0.2) is 0 Å². The number of carbonyl (C=O) groups is 1. The van der Waals surface area contributed by atoms with Crippen LogP contribution in [0.4, 0.5) is 11.4 Å². The molecule has 32 heavy (non-hydrogen) atoms. The number of hydrogen-bond acceptors (Lipinski definition) is 3. The molecule has 3 aromatic carbocycles. The van der Waals surface area contributed by atoms with Crippen LogP contribution in [0.1, 0.15) is 29.9 Å². The largest absolute Gasteiger partial charge is 0.369 e. The summed E-state index contributed by atoms with van der Waals surface area (Å²) in [4.78, 5) is 18.5. The third-order valence-electron chi connectivity index (χ3n) is 6.59. The predicted molar refractivity (Wildman–Crippen MR) is 131 cm³/mol. The van der Waals surface area contributed by atoms with Crippen LogP contribution < -0.4 is 10.2 Å². The van der Waals surface area contributed by atoms with Gasteiger partial charge < -0.3 is 10.2 Å². The van der Waals surface area contributed by atoms with E-state index in [0.29, 0.717) is 0 Å². The maximum Gasteiger partial charge on any atom is 0.236 e. The fraction of sp³-hybridized carbons (Fsp3) is 0.321. The molecule has 0 unspecified atom stereocenters. The molecule has 164 valence electrons. The van der Waals surface area contributed by atoms with Crippen LogP contribution in [0, 0.1) is 5.92 Å². The van der Waals surface area contributed by atoms with Gasteiger partial charge in [-0.2, -0.15) is 0 Å². The number of rotatable bonds is 7. The SMILES string of the molecule is O=C(Nc1cccc(N2CCN(CC3CC3)CC2)c1)C(c1ccccc1)c1ccccc1. The second kappa shape index (κ2) is 9.58. The van der Waals surface area contributed by atoms with Crippen LogP contribution >= 0.6 is 0 Å². The number of carbonyl (C=O) groups excluding carboxylic acids is 1. The first-order valence-electron chi connectivity index (χ1n) is 11.7. The summed E-state index contributed by atoms with van der Waals surface area (Å²) in [6, 6.07) is 28.3. The summed E-state index contributed by atoms with van der Waals surface area (Å²) in [6.07, 6.45) is 2.82. The summed E-state index contributed by atoms with van der Waals surface area (Å²) in [5.41, 5.74) is 4.04. The van der Waals surface area contributed by atoms with Crippen molar-refractivity contribution in [3.8, 4) is 0 Å². The quantitative estimate of drug-likeness (QED) is 0.579. The molecule has 1 saturated carbocycles. The normalized spacial score (nSPS) is 16.8. The third-order valence-corrected chi connectivity index (χ3v) is 6.59. The standard InChI is InChI=1S/C28H31N3O/c32-28(27(23-8-3-1-4-9-23)24-10-5-2-6-11-24)29-25-12-7-13-26(20-25)31-18-16-30(17-19-31)21-22-14-15-22/h1-13,20,22,27H,14-19,21H2,(H,29,32). The molecular weight excluding hydrogens is 394 g/mol. The molecule has 1 saturated heterocycles. The van der Waals surface area contributed by atoms with Crippen LogP contribution in [-0.2, 0) is 4.79 Å². The Hall–Kier alpha value is -3.11. The van der Waals surface area contributed by atoms with Crippen molar-refractivity contribution in [2.75, 3.05) is 42.9 Å². The first kappa shape index (κ1) is 20.8. The van der Waals surface area contributed by atoms with Gasteiger partial charge in [0, 0.05) is 44.1 Å². The predicted octanol–water partition coefficient (Wildman–Crippen LogP) is 4.99. The summed E-state index contributed by atoms with van der Waals surface area (Å²) < 4.78 is 0. The van der Waals surface area contributed by atoms with Gasteiger partial charge in [0.25, 0.3) is 0 Å². The Bertz CT molecular complexity index is 985. The number of amides is 1. The average Bonchev–Trinajstić information content (AvgIpc) is 3.65. The highest BCUT2D eigenvalue weighted by molar-refractivity contribution is 5.98. The number of benzene rings is 3. The molecule has 0 spiro atoms. The monoisotopic (exact) mass is 425 g/mol. The first-order chi connectivity index (χ1) is 15.8. The van der Waals surface area contributed by atoms with E-state index in [1.165, 1.54) is 25.1 Å². The number of piperazine rings is 1. The van der Waals surface area contributed by atoms with E-state index in [2.05, 4.69) is 27.2 Å². The molecule has 3 aromatic rings. The van der Waals surface area contributed by atoms with Crippen LogP contribution in [0.2, 0.25) is 0 Å². The zero-order chi connectivity index (χ0) is 21.8. The molecule has 1 amide bonds. The van der Waals surface area contributed by atoms with Gasteiger partial charge in [0.05, 0.1) is 5.92 Å². The van der Waals surface area contributed by atoms with Crippen molar-refractivity contribution < 1.29 is 4.79 Å². The lowest BCUT2D eigenvalue weighted by Crippen LogP contribution is -2.47. The maximum absolute atomic E-state index is 13.4. The number of nitrogens with zero attached hydrogens (tertiary/aromatic N) is 2. The van der Waals surface area contributed by atoms with Crippen molar-refractivity contribution in [1.82, 2.24) is 4.90 Å². The third kappa shape index (κ3) is 5.03. The zero-order valence-corrected chi connectivity index (χ0v) is 18.5. The van der Waals surface area contributed by atoms with Crippen LogP contribution in [0.5, 0.6) is 0 Å². The Morgan fingerprint density at radius 3 is 2.03 bits per heavy atom. The summed E-state index contributed by atoms with van der Waals surface area (Å²) in [5.74, 6) is 0.600. The first-order valence-corrected chi connectivity index (χ1v) is 11.7. The van der Waals surface area contributed by atoms with E-state index in [4.69, 9.17) is 0 Å². The summed E-state index contributed by atoms with van der Waals surface area (Å²) >= 11 is 0. The van der Waals surface area contributed by atoms with Gasteiger partial charge in [-0.05, 0) is 48.1 Å². The minimum Gasteiger partial charge on any atom is -0.369 e. The van der Waals surface area contributed by atoms with Gasteiger partial charge in [-0.1, -0.05) is 66.7 Å². The van der Waals surface area contributed by atoms with Gasteiger partial charge >= 0.3 is 0 Å². The van der Waals surface area contributed by atoms with Crippen molar-refractivity contribution >= 4 is 17.3 Å². The van der Waals surface area contributed by atoms with Crippen LogP contribution in [0.25, 0.3) is 0 Å². The Morgan fingerprint density at radius 1 is 0.812 bits per heavy atom. The highest BCUT2D eigenvalue weighted by Crippen LogP contribution is 2.31. The second-order valence-corrected chi connectivity index (χ2v) is 9.02. The molecular formula is C28H31N3O. The molecule has 0 radical (unpaired) electrons. The molecule has 1 N–H and O–H groups in total. The van der Waals surface area contributed by atoms with Gasteiger partial charge in [0.2, 0.25) is 5.91 Å². The fourth-order valence-corrected chi connectivity index (χ4v) is 4.64. The second-order valence-electron chi connectivity index (χ2n) is 9.02. The Labute approximate surface area is 190 Å². The highest BCUT2D eigenvalue weighted by atomic mass is 16.1. The number of anilines is 2. The lowest BCUT2D eigenvalue weighted by atomic mass is 9.90. The smallest absolute Gasteiger partial charge is 0.236 e. The van der Waals surface area contributed by atoms with Gasteiger partial charge in [-0.25, -0.2) is 0 Å². The van der Waals surface area contributed by atoms with Gasteiger partial charge in [0.1, 0.15) is 0 Å². The molecule has 1 aliphatic carbocycles. The van der Waals surface area contributed by atoms with E-state index in [1.807, 2.05) is 72.8 Å². The van der Waals surface area contributed by atoms with Gasteiger partial charge in [-0.3, -0.25) is 9.69 Å². The molecule has 1 aliphatic heterocycles. The molecule has 0 aromatic heterocycles. The van der Waals surface area contributed by atoms with Crippen molar-refractivity contribution in [3.63, 3.8) is 0 Å². The summed E-state index contributed by atoms with van der Waals surface area (Å²) in [6.45, 7) is 5.60. The maximum atomic E-state index is 13.4. The molecule has 4 heteroatoms. The van der Waals surface area contributed by atoms with Crippen LogP contribution in [-0.4, -0.2) is 43.5 Å². The Morgan fingerprint density at radius 2 is 1.44 bits per heavy atom. The Kier molecular flexibility index (Phi) is 6.22. The molecule has 0 bridgehead atoms. The zero-order valence-electron chi connectivity index (χ0n) is 18.5. The molecule has 2 fully saturated rings. The fourth-order valence-electron chi connectivity index (χ4n) is 4.64. The minimum atomic E-state index is -0.341. The van der Waals surface area contributed by atoms with E-state index in [-0.39, 0.29) is 11.8 Å². The van der Waals surface area contributed by atoms with Gasteiger partial charge in [-0.15, -0.1) is 0 Å². The topological polar surface area (TPSA) is 35.6 Å². The lowest BCUT2D eigenvalue weighted by molar-refractivity contribution is -0.116.